The molecule has 1 amide bonds. The Balaban J connectivity index is 1.42. The van der Waals surface area contributed by atoms with E-state index in [1.54, 1.807) is 12.4 Å². The highest BCUT2D eigenvalue weighted by Crippen LogP contribution is 2.21. The Kier molecular flexibility index (Phi) is 5.80. The number of pyridine rings is 1. The quantitative estimate of drug-likeness (QED) is 0.503. The van der Waals surface area contributed by atoms with Crippen molar-refractivity contribution in [2.75, 3.05) is 11.9 Å². The molecule has 2 heterocycles. The Morgan fingerprint density at radius 3 is 2.73 bits per heavy atom. The number of benzene rings is 2. The molecule has 0 radical (unpaired) electrons. The lowest BCUT2D eigenvalue weighted by Gasteiger charge is -2.11. The molecule has 7 heteroatoms. The number of carbonyl (C=O) groups excluding carboxylic acids is 1. The zero-order valence-electron chi connectivity index (χ0n) is 16.4. The van der Waals surface area contributed by atoms with Crippen molar-refractivity contribution < 1.29 is 14.1 Å². The second-order valence-electron chi connectivity index (χ2n) is 6.69. The first-order chi connectivity index (χ1) is 14.7. The van der Waals surface area contributed by atoms with Gasteiger partial charge in [-0.15, -0.1) is 0 Å². The van der Waals surface area contributed by atoms with E-state index in [2.05, 4.69) is 20.4 Å². The maximum atomic E-state index is 12.4. The number of rotatable bonds is 7. The number of aromatic nitrogens is 3. The lowest BCUT2D eigenvalue weighted by molar-refractivity contribution is -0.118. The first kappa shape index (κ1) is 19.3. The van der Waals surface area contributed by atoms with Crippen LogP contribution in [0.5, 0.6) is 5.75 Å². The van der Waals surface area contributed by atoms with Crippen LogP contribution in [0.2, 0.25) is 0 Å². The van der Waals surface area contributed by atoms with Crippen molar-refractivity contribution in [2.24, 2.45) is 0 Å². The SMILES string of the molecule is Cc1ccccc1OCC(=O)Nc1ccccc1Cc1nc(-c2cccnc2)no1. The Labute approximate surface area is 173 Å². The van der Waals surface area contributed by atoms with Gasteiger partial charge in [-0.05, 0) is 42.3 Å². The molecule has 30 heavy (non-hydrogen) atoms. The number of carbonyl (C=O) groups is 1. The average molecular weight is 400 g/mol. The van der Waals surface area contributed by atoms with E-state index < -0.39 is 0 Å². The summed E-state index contributed by atoms with van der Waals surface area (Å²) in [6.07, 6.45) is 3.76. The average Bonchev–Trinajstić information content (AvgIpc) is 3.24. The number of aryl methyl sites for hydroxylation is 1. The minimum Gasteiger partial charge on any atom is -0.483 e. The lowest BCUT2D eigenvalue weighted by Crippen LogP contribution is -2.21. The topological polar surface area (TPSA) is 90.1 Å². The summed E-state index contributed by atoms with van der Waals surface area (Å²) in [5.74, 6) is 1.37. The van der Waals surface area contributed by atoms with Crippen LogP contribution in [0.25, 0.3) is 11.4 Å². The molecule has 0 atom stereocenters. The van der Waals surface area contributed by atoms with Gasteiger partial charge in [-0.2, -0.15) is 4.98 Å². The Morgan fingerprint density at radius 1 is 1.07 bits per heavy atom. The summed E-state index contributed by atoms with van der Waals surface area (Å²) < 4.78 is 11.0. The number of nitrogens with one attached hydrogen (secondary N) is 1. The van der Waals surface area contributed by atoms with Crippen molar-refractivity contribution in [2.45, 2.75) is 13.3 Å². The maximum absolute atomic E-state index is 12.4. The van der Waals surface area contributed by atoms with Gasteiger partial charge in [0, 0.05) is 23.6 Å². The smallest absolute Gasteiger partial charge is 0.262 e. The summed E-state index contributed by atoms with van der Waals surface area (Å²) in [6.45, 7) is 1.86. The van der Waals surface area contributed by atoms with Gasteiger partial charge in [-0.1, -0.05) is 41.6 Å². The predicted octanol–water partition coefficient (Wildman–Crippen LogP) is 4.05. The minimum absolute atomic E-state index is 0.0785. The van der Waals surface area contributed by atoms with Gasteiger partial charge in [0.25, 0.3) is 5.91 Å². The second kappa shape index (κ2) is 9.00. The van der Waals surface area contributed by atoms with Gasteiger partial charge in [0.05, 0.1) is 6.42 Å². The molecule has 4 rings (SSSR count). The van der Waals surface area contributed by atoms with E-state index in [9.17, 15) is 4.79 Å². The number of anilines is 1. The third-order valence-corrected chi connectivity index (χ3v) is 4.47. The number of amides is 1. The molecule has 0 bridgehead atoms. The maximum Gasteiger partial charge on any atom is 0.262 e. The van der Waals surface area contributed by atoms with Crippen molar-refractivity contribution in [3.63, 3.8) is 0 Å². The first-order valence-corrected chi connectivity index (χ1v) is 9.48. The fraction of sp³-hybridized carbons (Fsp3) is 0.130. The summed E-state index contributed by atoms with van der Waals surface area (Å²) >= 11 is 0. The van der Waals surface area contributed by atoms with Crippen molar-refractivity contribution in [3.8, 4) is 17.1 Å². The Hall–Kier alpha value is -4.00. The van der Waals surface area contributed by atoms with Gasteiger partial charge < -0.3 is 14.6 Å². The number of nitrogens with zero attached hydrogens (tertiary/aromatic N) is 3. The van der Waals surface area contributed by atoms with Crippen LogP contribution in [0.1, 0.15) is 17.0 Å². The molecule has 0 fully saturated rings. The van der Waals surface area contributed by atoms with Crippen LogP contribution in [0.3, 0.4) is 0 Å². The van der Waals surface area contributed by atoms with Crippen LogP contribution < -0.4 is 10.1 Å². The molecule has 2 aromatic heterocycles. The zero-order chi connectivity index (χ0) is 20.8. The fourth-order valence-electron chi connectivity index (χ4n) is 2.95. The molecule has 0 aliphatic heterocycles. The standard InChI is InChI=1S/C23H20N4O3/c1-16-7-2-5-11-20(16)29-15-21(28)25-19-10-4-3-8-17(19)13-22-26-23(27-30-22)18-9-6-12-24-14-18/h2-12,14H,13,15H2,1H3,(H,25,28). The van der Waals surface area contributed by atoms with Gasteiger partial charge in [-0.3, -0.25) is 9.78 Å². The molecule has 0 saturated carbocycles. The van der Waals surface area contributed by atoms with Crippen molar-refractivity contribution in [1.82, 2.24) is 15.1 Å². The van der Waals surface area contributed by atoms with E-state index in [0.29, 0.717) is 29.6 Å². The Morgan fingerprint density at radius 2 is 1.90 bits per heavy atom. The minimum atomic E-state index is -0.243. The molecular formula is C23H20N4O3. The highest BCUT2D eigenvalue weighted by molar-refractivity contribution is 5.92. The number of ether oxygens (including phenoxy) is 1. The molecule has 4 aromatic rings. The van der Waals surface area contributed by atoms with E-state index in [4.69, 9.17) is 9.26 Å². The molecule has 0 unspecified atom stereocenters. The zero-order valence-corrected chi connectivity index (χ0v) is 16.4. The van der Waals surface area contributed by atoms with E-state index >= 15 is 0 Å². The largest absolute Gasteiger partial charge is 0.483 e. The van der Waals surface area contributed by atoms with Crippen LogP contribution in [0, 0.1) is 6.92 Å². The van der Waals surface area contributed by atoms with Crippen LogP contribution in [-0.4, -0.2) is 27.6 Å². The molecule has 2 aromatic carbocycles. The highest BCUT2D eigenvalue weighted by Gasteiger charge is 2.13. The molecule has 0 saturated heterocycles. The molecule has 1 N–H and O–H groups in total. The molecule has 0 aliphatic rings. The van der Waals surface area contributed by atoms with Crippen LogP contribution >= 0.6 is 0 Å². The van der Waals surface area contributed by atoms with Gasteiger partial charge >= 0.3 is 0 Å². The van der Waals surface area contributed by atoms with Gasteiger partial charge in [0.2, 0.25) is 11.7 Å². The summed E-state index contributed by atoms with van der Waals surface area (Å²) in [4.78, 5) is 20.9. The summed E-state index contributed by atoms with van der Waals surface area (Å²) in [5.41, 5.74) is 3.30. The third kappa shape index (κ3) is 4.70. The molecule has 150 valence electrons. The van der Waals surface area contributed by atoms with Gasteiger partial charge in [-0.25, -0.2) is 0 Å². The van der Waals surface area contributed by atoms with E-state index in [1.165, 1.54) is 0 Å². The van der Waals surface area contributed by atoms with E-state index in [0.717, 1.165) is 16.7 Å². The monoisotopic (exact) mass is 400 g/mol. The normalized spacial score (nSPS) is 10.6. The summed E-state index contributed by atoms with van der Waals surface area (Å²) in [5, 5.41) is 6.91. The number of hydrogen-bond donors (Lipinski definition) is 1. The molecule has 0 spiro atoms. The first-order valence-electron chi connectivity index (χ1n) is 9.48. The molecular weight excluding hydrogens is 380 g/mol. The predicted molar refractivity (Wildman–Crippen MR) is 112 cm³/mol. The highest BCUT2D eigenvalue weighted by atomic mass is 16.5. The van der Waals surface area contributed by atoms with Crippen LogP contribution in [0.15, 0.2) is 77.6 Å². The molecule has 7 nitrogen and oxygen atoms in total. The van der Waals surface area contributed by atoms with Crippen molar-refractivity contribution >= 4 is 11.6 Å². The fourth-order valence-corrected chi connectivity index (χ4v) is 2.95. The van der Waals surface area contributed by atoms with Crippen molar-refractivity contribution in [3.05, 3.63) is 90.1 Å². The van der Waals surface area contributed by atoms with E-state index in [1.807, 2.05) is 67.6 Å². The van der Waals surface area contributed by atoms with E-state index in [-0.39, 0.29) is 12.5 Å². The Bertz CT molecular complexity index is 1140. The molecule has 0 aliphatic carbocycles. The number of para-hydroxylation sites is 2. The summed E-state index contributed by atoms with van der Waals surface area (Å²) in [6, 6.07) is 18.8. The lowest BCUT2D eigenvalue weighted by atomic mass is 10.1. The van der Waals surface area contributed by atoms with Gasteiger partial charge in [0.15, 0.2) is 6.61 Å². The van der Waals surface area contributed by atoms with Crippen molar-refractivity contribution in [1.29, 1.82) is 0 Å². The number of hydrogen-bond acceptors (Lipinski definition) is 6. The van der Waals surface area contributed by atoms with Crippen LogP contribution in [0.4, 0.5) is 5.69 Å². The second-order valence-corrected chi connectivity index (χ2v) is 6.69. The van der Waals surface area contributed by atoms with Gasteiger partial charge in [0.1, 0.15) is 5.75 Å². The third-order valence-electron chi connectivity index (χ3n) is 4.47. The summed E-state index contributed by atoms with van der Waals surface area (Å²) in [7, 11) is 0. The van der Waals surface area contributed by atoms with Crippen LogP contribution in [-0.2, 0) is 11.2 Å².